The number of hydrogen-bond donors (Lipinski definition) is 0. The number of amides is 2. The smallest absolute Gasteiger partial charge is 0.290 e. The zero-order valence-electron chi connectivity index (χ0n) is 20.8. The maximum atomic E-state index is 13.7. The van der Waals surface area contributed by atoms with Crippen LogP contribution >= 0.6 is 11.3 Å². The van der Waals surface area contributed by atoms with E-state index in [4.69, 9.17) is 13.9 Å². The molecular weight excluding hydrogens is 476 g/mol. The van der Waals surface area contributed by atoms with E-state index in [1.54, 1.807) is 28.4 Å². The van der Waals surface area contributed by atoms with Gasteiger partial charge in [0.1, 0.15) is 18.9 Å². The summed E-state index contributed by atoms with van der Waals surface area (Å²) in [5.41, 5.74) is 3.38. The van der Waals surface area contributed by atoms with E-state index in [1.807, 2.05) is 24.0 Å². The number of benzene rings is 1. The second-order valence-electron chi connectivity index (χ2n) is 9.53. The molecule has 1 fully saturated rings. The minimum atomic E-state index is -0.292. The molecule has 0 aliphatic carbocycles. The van der Waals surface area contributed by atoms with Crippen molar-refractivity contribution in [3.8, 4) is 5.75 Å². The molecule has 2 atom stereocenters. The van der Waals surface area contributed by atoms with E-state index in [2.05, 4.69) is 24.4 Å². The van der Waals surface area contributed by atoms with Gasteiger partial charge >= 0.3 is 0 Å². The molecule has 190 valence electrons. The Morgan fingerprint density at radius 3 is 2.86 bits per heavy atom. The fraction of sp³-hybridized carbons (Fsp3) is 0.429. The van der Waals surface area contributed by atoms with Crippen LogP contribution < -0.4 is 4.74 Å². The van der Waals surface area contributed by atoms with Gasteiger partial charge in [-0.25, -0.2) is 0 Å². The van der Waals surface area contributed by atoms with Crippen molar-refractivity contribution in [1.82, 2.24) is 9.80 Å². The van der Waals surface area contributed by atoms with Crippen molar-refractivity contribution >= 4 is 23.2 Å². The third kappa shape index (κ3) is 5.34. The van der Waals surface area contributed by atoms with E-state index in [1.165, 1.54) is 16.7 Å². The molecule has 7 nitrogen and oxygen atoms in total. The lowest BCUT2D eigenvalue weighted by Crippen LogP contribution is -2.49. The first-order chi connectivity index (χ1) is 17.5. The third-order valence-electron chi connectivity index (χ3n) is 6.94. The van der Waals surface area contributed by atoms with Crippen LogP contribution in [0.1, 0.15) is 51.0 Å². The van der Waals surface area contributed by atoms with Crippen molar-refractivity contribution in [2.75, 3.05) is 32.8 Å². The standard InChI is InChI=1S/C28H32N2O5S/c1-19-7-8-24(20(2)15-19)35-18-23-22-10-14-36-26(22)9-11-30(23)27(31)17-29(16-21-5-3-12-33-21)28(32)25-6-4-13-34-25/h4,6-8,10,13-15,21,23H,3,5,9,11-12,16-18H2,1-2H3/t21-,23-/m0/s1. The average molecular weight is 509 g/mol. The van der Waals surface area contributed by atoms with Gasteiger partial charge in [-0.05, 0) is 73.9 Å². The summed E-state index contributed by atoms with van der Waals surface area (Å²) in [4.78, 5) is 31.7. The molecule has 8 heteroatoms. The molecule has 0 unspecified atom stereocenters. The van der Waals surface area contributed by atoms with E-state index in [0.717, 1.165) is 36.1 Å². The lowest BCUT2D eigenvalue weighted by Gasteiger charge is -2.37. The van der Waals surface area contributed by atoms with Crippen LogP contribution in [0.5, 0.6) is 5.75 Å². The molecule has 0 radical (unpaired) electrons. The third-order valence-corrected chi connectivity index (χ3v) is 7.93. The molecule has 1 aromatic carbocycles. The lowest BCUT2D eigenvalue weighted by atomic mass is 10.00. The fourth-order valence-electron chi connectivity index (χ4n) is 5.07. The predicted octanol–water partition coefficient (Wildman–Crippen LogP) is 4.78. The van der Waals surface area contributed by atoms with E-state index >= 15 is 0 Å². The Balaban J connectivity index is 1.34. The normalized spacial score (nSPS) is 19.2. The second kappa shape index (κ2) is 10.9. The Kier molecular flexibility index (Phi) is 7.43. The molecule has 2 aromatic heterocycles. The first-order valence-electron chi connectivity index (χ1n) is 12.5. The highest BCUT2D eigenvalue weighted by Crippen LogP contribution is 2.34. The van der Waals surface area contributed by atoms with Gasteiger partial charge in [-0.2, -0.15) is 0 Å². The fourth-order valence-corrected chi connectivity index (χ4v) is 6.00. The minimum absolute atomic E-state index is 0.0288. The summed E-state index contributed by atoms with van der Waals surface area (Å²) in [7, 11) is 0. The van der Waals surface area contributed by atoms with Gasteiger partial charge in [0.25, 0.3) is 5.91 Å². The number of furan rings is 1. The number of aryl methyl sites for hydroxylation is 2. The number of carbonyl (C=O) groups is 2. The van der Waals surface area contributed by atoms with Gasteiger partial charge in [0.15, 0.2) is 5.76 Å². The first-order valence-corrected chi connectivity index (χ1v) is 13.4. The van der Waals surface area contributed by atoms with Crippen LogP contribution in [0.25, 0.3) is 0 Å². The summed E-state index contributed by atoms with van der Waals surface area (Å²) in [6, 6.07) is 11.3. The summed E-state index contributed by atoms with van der Waals surface area (Å²) in [5.74, 6) is 0.664. The van der Waals surface area contributed by atoms with Crippen molar-refractivity contribution in [3.05, 3.63) is 75.4 Å². The molecule has 3 aromatic rings. The van der Waals surface area contributed by atoms with Gasteiger partial charge in [0.2, 0.25) is 5.91 Å². The topological polar surface area (TPSA) is 72.2 Å². The van der Waals surface area contributed by atoms with Crippen molar-refractivity contribution in [2.45, 2.75) is 45.3 Å². The van der Waals surface area contributed by atoms with E-state index in [9.17, 15) is 9.59 Å². The molecule has 2 amide bonds. The van der Waals surface area contributed by atoms with Gasteiger partial charge in [-0.1, -0.05) is 17.7 Å². The quantitative estimate of drug-likeness (QED) is 0.438. The highest BCUT2D eigenvalue weighted by molar-refractivity contribution is 7.10. The van der Waals surface area contributed by atoms with Gasteiger partial charge in [0, 0.05) is 24.6 Å². The number of fused-ring (bicyclic) bond motifs is 1. The lowest BCUT2D eigenvalue weighted by molar-refractivity contribution is -0.135. The first kappa shape index (κ1) is 24.6. The molecule has 0 N–H and O–H groups in total. The van der Waals surface area contributed by atoms with Gasteiger partial charge < -0.3 is 23.7 Å². The van der Waals surface area contributed by atoms with E-state index < -0.39 is 0 Å². The van der Waals surface area contributed by atoms with Crippen molar-refractivity contribution < 1.29 is 23.5 Å². The zero-order valence-corrected chi connectivity index (χ0v) is 21.6. The summed E-state index contributed by atoms with van der Waals surface area (Å²) < 4.78 is 17.4. The van der Waals surface area contributed by atoms with Crippen LogP contribution in [0, 0.1) is 13.8 Å². The number of thiophene rings is 1. The number of carbonyl (C=O) groups excluding carboxylic acids is 2. The SMILES string of the molecule is Cc1ccc(OC[C@H]2c3ccsc3CCN2C(=O)CN(C[C@@H]2CCCO2)C(=O)c2ccco2)c(C)c1. The number of hydrogen-bond acceptors (Lipinski definition) is 6. The molecule has 0 bridgehead atoms. The maximum absolute atomic E-state index is 13.7. The van der Waals surface area contributed by atoms with Crippen LogP contribution in [-0.2, 0) is 16.0 Å². The summed E-state index contributed by atoms with van der Waals surface area (Å²) in [5, 5.41) is 2.08. The summed E-state index contributed by atoms with van der Waals surface area (Å²) in [6.45, 7) is 6.07. The highest BCUT2D eigenvalue weighted by Gasteiger charge is 2.35. The Morgan fingerprint density at radius 2 is 2.11 bits per heavy atom. The van der Waals surface area contributed by atoms with Crippen LogP contribution in [-0.4, -0.2) is 60.6 Å². The van der Waals surface area contributed by atoms with Crippen LogP contribution in [0.3, 0.4) is 0 Å². The number of nitrogens with zero attached hydrogens (tertiary/aromatic N) is 2. The van der Waals surface area contributed by atoms with Gasteiger partial charge in [-0.15, -0.1) is 11.3 Å². The molecule has 36 heavy (non-hydrogen) atoms. The van der Waals surface area contributed by atoms with Crippen LogP contribution in [0.15, 0.2) is 52.5 Å². The largest absolute Gasteiger partial charge is 0.491 e. The van der Waals surface area contributed by atoms with Crippen LogP contribution in [0.4, 0.5) is 0 Å². The molecule has 0 saturated carbocycles. The molecule has 2 aliphatic heterocycles. The van der Waals surface area contributed by atoms with E-state index in [-0.39, 0.29) is 36.3 Å². The summed E-state index contributed by atoms with van der Waals surface area (Å²) >= 11 is 1.72. The molecular formula is C28H32N2O5S. The molecule has 1 saturated heterocycles. The Hall–Kier alpha value is -3.10. The van der Waals surface area contributed by atoms with E-state index in [0.29, 0.717) is 26.3 Å². The van der Waals surface area contributed by atoms with Crippen LogP contribution in [0.2, 0.25) is 0 Å². The summed E-state index contributed by atoms with van der Waals surface area (Å²) in [6.07, 6.45) is 4.06. The molecule has 2 aliphatic rings. The van der Waals surface area contributed by atoms with Crippen molar-refractivity contribution in [2.24, 2.45) is 0 Å². The zero-order chi connectivity index (χ0) is 25.1. The Morgan fingerprint density at radius 1 is 1.22 bits per heavy atom. The molecule has 5 rings (SSSR count). The molecule has 4 heterocycles. The Labute approximate surface area is 215 Å². The van der Waals surface area contributed by atoms with Crippen molar-refractivity contribution in [1.29, 1.82) is 0 Å². The Bertz CT molecular complexity index is 1200. The predicted molar refractivity (Wildman–Crippen MR) is 137 cm³/mol. The molecule has 0 spiro atoms. The number of ether oxygens (including phenoxy) is 2. The second-order valence-corrected chi connectivity index (χ2v) is 10.5. The maximum Gasteiger partial charge on any atom is 0.290 e. The monoisotopic (exact) mass is 508 g/mol. The van der Waals surface area contributed by atoms with Gasteiger partial charge in [0.05, 0.1) is 18.4 Å². The van der Waals surface area contributed by atoms with Crippen molar-refractivity contribution in [3.63, 3.8) is 0 Å². The average Bonchev–Trinajstić information content (AvgIpc) is 3.65. The highest BCUT2D eigenvalue weighted by atomic mass is 32.1. The number of rotatable bonds is 8. The van der Waals surface area contributed by atoms with Gasteiger partial charge in [-0.3, -0.25) is 9.59 Å². The minimum Gasteiger partial charge on any atom is -0.491 e.